The number of ether oxygens (including phenoxy) is 2. The number of benzene rings is 1. The van der Waals surface area contributed by atoms with Gasteiger partial charge >= 0.3 is 0 Å². The molecule has 0 aliphatic rings. The van der Waals surface area contributed by atoms with Crippen LogP contribution in [0.5, 0.6) is 11.5 Å². The number of thiocarbonyl (C=S) groups is 1. The third kappa shape index (κ3) is 3.35. The summed E-state index contributed by atoms with van der Waals surface area (Å²) in [6.07, 6.45) is 0.823. The second-order valence-corrected chi connectivity index (χ2v) is 3.09. The van der Waals surface area contributed by atoms with E-state index in [1.165, 1.54) is 0 Å². The van der Waals surface area contributed by atoms with E-state index < -0.39 is 0 Å². The molecule has 1 aromatic rings. The molecule has 0 fully saturated rings. The summed E-state index contributed by atoms with van der Waals surface area (Å²) < 4.78 is 10.3. The molecule has 0 aromatic heterocycles. The lowest BCUT2D eigenvalue weighted by Crippen LogP contribution is -1.94. The van der Waals surface area contributed by atoms with E-state index in [2.05, 4.69) is 22.4 Å². The molecule has 0 amide bonds. The van der Waals surface area contributed by atoms with Gasteiger partial charge in [-0.3, -0.25) is 0 Å². The number of hydrogen-bond acceptors (Lipinski definition) is 4. The van der Waals surface area contributed by atoms with Crippen LogP contribution in [0.15, 0.2) is 23.2 Å². The molecule has 1 rings (SSSR count). The fourth-order valence-corrected chi connectivity index (χ4v) is 1.36. The van der Waals surface area contributed by atoms with Gasteiger partial charge in [-0.25, -0.2) is 4.99 Å². The molecule has 0 saturated carbocycles. The molecule has 15 heavy (non-hydrogen) atoms. The average molecular weight is 223 g/mol. The standard InChI is InChI=1S/C11H13NO2S/c1-13-10-4-3-9(5-6-12-8-15)7-11(10)14-2/h3-4,7H,5-6H2,1-2H3. The van der Waals surface area contributed by atoms with Crippen LogP contribution in [0, 0.1) is 0 Å². The number of rotatable bonds is 5. The van der Waals surface area contributed by atoms with Crippen molar-refractivity contribution in [3.05, 3.63) is 23.8 Å². The van der Waals surface area contributed by atoms with E-state index in [1.807, 2.05) is 18.2 Å². The summed E-state index contributed by atoms with van der Waals surface area (Å²) in [5.74, 6) is 1.47. The molecule has 0 spiro atoms. The molecule has 3 nitrogen and oxygen atoms in total. The van der Waals surface area contributed by atoms with Gasteiger partial charge in [0, 0.05) is 0 Å². The molecule has 0 atom stereocenters. The molecule has 4 heteroatoms. The number of hydrogen-bond donors (Lipinski definition) is 0. The summed E-state index contributed by atoms with van der Waals surface area (Å²) in [5, 5.41) is 2.34. The summed E-state index contributed by atoms with van der Waals surface area (Å²) >= 11 is 4.49. The van der Waals surface area contributed by atoms with Gasteiger partial charge in [0.15, 0.2) is 11.5 Å². The lowest BCUT2D eigenvalue weighted by Gasteiger charge is -2.08. The van der Waals surface area contributed by atoms with Gasteiger partial charge in [0.25, 0.3) is 0 Å². The van der Waals surface area contributed by atoms with Gasteiger partial charge in [0.05, 0.1) is 25.9 Å². The van der Waals surface area contributed by atoms with Crippen molar-refractivity contribution < 1.29 is 9.47 Å². The van der Waals surface area contributed by atoms with E-state index in [0.717, 1.165) is 23.5 Å². The number of methoxy groups -OCH3 is 2. The van der Waals surface area contributed by atoms with Gasteiger partial charge in [-0.2, -0.15) is 0 Å². The van der Waals surface area contributed by atoms with Gasteiger partial charge < -0.3 is 9.47 Å². The van der Waals surface area contributed by atoms with Gasteiger partial charge in [-0.05, 0) is 36.3 Å². The molecular weight excluding hydrogens is 210 g/mol. The van der Waals surface area contributed by atoms with Crippen molar-refractivity contribution in [2.75, 3.05) is 20.8 Å². The largest absolute Gasteiger partial charge is 0.493 e. The Labute approximate surface area is 94.7 Å². The fourth-order valence-electron chi connectivity index (χ4n) is 1.27. The third-order valence-corrected chi connectivity index (χ3v) is 2.15. The maximum Gasteiger partial charge on any atom is 0.160 e. The highest BCUT2D eigenvalue weighted by molar-refractivity contribution is 7.78. The highest BCUT2D eigenvalue weighted by atomic mass is 32.1. The summed E-state index contributed by atoms with van der Waals surface area (Å²) in [6, 6.07) is 5.81. The van der Waals surface area contributed by atoms with Crippen LogP contribution in [0.4, 0.5) is 0 Å². The minimum atomic E-state index is 0.652. The van der Waals surface area contributed by atoms with Crippen molar-refractivity contribution in [3.63, 3.8) is 0 Å². The van der Waals surface area contributed by atoms with Crippen LogP contribution in [0.1, 0.15) is 5.56 Å². The second-order valence-electron chi connectivity index (χ2n) is 2.91. The first-order valence-electron chi connectivity index (χ1n) is 4.56. The Morgan fingerprint density at radius 3 is 2.60 bits per heavy atom. The molecule has 0 aliphatic heterocycles. The Kier molecular flexibility index (Phi) is 4.81. The minimum Gasteiger partial charge on any atom is -0.493 e. The van der Waals surface area contributed by atoms with Crippen LogP contribution in [0.3, 0.4) is 0 Å². The number of aliphatic imine (C=N–C) groups is 1. The molecule has 0 aliphatic carbocycles. The Hall–Kier alpha value is -1.38. The summed E-state index contributed by atoms with van der Waals surface area (Å²) in [7, 11) is 3.24. The Morgan fingerprint density at radius 2 is 2.00 bits per heavy atom. The van der Waals surface area contributed by atoms with Gasteiger partial charge in [-0.15, -0.1) is 0 Å². The molecule has 0 heterocycles. The zero-order valence-electron chi connectivity index (χ0n) is 8.82. The topological polar surface area (TPSA) is 30.8 Å². The van der Waals surface area contributed by atoms with E-state index in [4.69, 9.17) is 9.47 Å². The number of isothiocyanates is 1. The highest BCUT2D eigenvalue weighted by Gasteiger charge is 2.03. The zero-order valence-corrected chi connectivity index (χ0v) is 9.63. The zero-order chi connectivity index (χ0) is 11.1. The smallest absolute Gasteiger partial charge is 0.160 e. The molecule has 0 radical (unpaired) electrons. The highest BCUT2D eigenvalue weighted by Crippen LogP contribution is 2.27. The predicted octanol–water partition coefficient (Wildman–Crippen LogP) is 2.35. The van der Waals surface area contributed by atoms with E-state index in [1.54, 1.807) is 14.2 Å². The van der Waals surface area contributed by atoms with Gasteiger partial charge in [-0.1, -0.05) is 6.07 Å². The average Bonchev–Trinajstić information content (AvgIpc) is 2.29. The van der Waals surface area contributed by atoms with E-state index in [9.17, 15) is 0 Å². The summed E-state index contributed by atoms with van der Waals surface area (Å²) in [5.41, 5.74) is 1.14. The maximum atomic E-state index is 5.19. The van der Waals surface area contributed by atoms with Crippen LogP contribution < -0.4 is 9.47 Å². The lowest BCUT2D eigenvalue weighted by atomic mass is 10.1. The van der Waals surface area contributed by atoms with Crippen molar-refractivity contribution in [1.82, 2.24) is 0 Å². The normalized spacial score (nSPS) is 9.20. The van der Waals surface area contributed by atoms with Crippen molar-refractivity contribution >= 4 is 17.4 Å². The first kappa shape index (κ1) is 11.7. The van der Waals surface area contributed by atoms with Crippen LogP contribution in [-0.2, 0) is 6.42 Å². The second kappa shape index (κ2) is 6.17. The monoisotopic (exact) mass is 223 g/mol. The molecule has 1 aromatic carbocycles. The van der Waals surface area contributed by atoms with Crippen LogP contribution in [0.2, 0.25) is 0 Å². The molecule has 0 N–H and O–H groups in total. The molecule has 0 bridgehead atoms. The Balaban J connectivity index is 2.78. The first-order valence-corrected chi connectivity index (χ1v) is 4.97. The van der Waals surface area contributed by atoms with Crippen molar-refractivity contribution in [3.8, 4) is 11.5 Å². The Morgan fingerprint density at radius 1 is 1.27 bits per heavy atom. The molecular formula is C11H13NO2S. The predicted molar refractivity (Wildman–Crippen MR) is 63.1 cm³/mol. The van der Waals surface area contributed by atoms with E-state index >= 15 is 0 Å². The quantitative estimate of drug-likeness (QED) is 0.567. The first-order chi connectivity index (χ1) is 7.31. The summed E-state index contributed by atoms with van der Waals surface area (Å²) in [6.45, 7) is 0.652. The van der Waals surface area contributed by atoms with E-state index in [0.29, 0.717) is 6.54 Å². The number of nitrogens with zero attached hydrogens (tertiary/aromatic N) is 1. The van der Waals surface area contributed by atoms with Crippen molar-refractivity contribution in [1.29, 1.82) is 0 Å². The summed E-state index contributed by atoms with van der Waals surface area (Å²) in [4.78, 5) is 3.86. The van der Waals surface area contributed by atoms with Crippen LogP contribution in [-0.4, -0.2) is 25.9 Å². The third-order valence-electron chi connectivity index (χ3n) is 2.02. The van der Waals surface area contributed by atoms with E-state index in [-0.39, 0.29) is 0 Å². The fraction of sp³-hybridized carbons (Fsp3) is 0.364. The van der Waals surface area contributed by atoms with Gasteiger partial charge in [0.2, 0.25) is 0 Å². The van der Waals surface area contributed by atoms with Gasteiger partial charge in [0.1, 0.15) is 0 Å². The lowest BCUT2D eigenvalue weighted by molar-refractivity contribution is 0.354. The molecule has 0 unspecified atom stereocenters. The molecule has 0 saturated heterocycles. The van der Waals surface area contributed by atoms with Crippen LogP contribution >= 0.6 is 12.2 Å². The minimum absolute atomic E-state index is 0.652. The molecule has 80 valence electrons. The SMILES string of the molecule is COc1ccc(CCN=C=S)cc1OC. The van der Waals surface area contributed by atoms with Crippen molar-refractivity contribution in [2.24, 2.45) is 4.99 Å². The maximum absolute atomic E-state index is 5.19. The Bertz CT molecular complexity index is 373. The van der Waals surface area contributed by atoms with Crippen LogP contribution in [0.25, 0.3) is 0 Å². The van der Waals surface area contributed by atoms with Crippen molar-refractivity contribution in [2.45, 2.75) is 6.42 Å².